The fourth-order valence-electron chi connectivity index (χ4n) is 8.42. The number of ketones is 1. The third-order valence-electron chi connectivity index (χ3n) is 11.5. The van der Waals surface area contributed by atoms with Crippen molar-refractivity contribution in [1.29, 1.82) is 0 Å². The number of carbonyl (C=O) groups excluding carboxylic acids is 4. The summed E-state index contributed by atoms with van der Waals surface area (Å²) in [5.41, 5.74) is -1.50. The minimum atomic E-state index is -1.14. The maximum Gasteiger partial charge on any atom is 0.410 e. The van der Waals surface area contributed by atoms with Crippen molar-refractivity contribution < 1.29 is 47.6 Å². The monoisotopic (exact) mass is 787 g/mol. The topological polar surface area (TPSA) is 133 Å². The Morgan fingerprint density at radius 3 is 2.29 bits per heavy atom. The van der Waals surface area contributed by atoms with Crippen LogP contribution in [0.15, 0.2) is 30.3 Å². The molecule has 0 radical (unpaired) electrons. The first-order chi connectivity index (χ1) is 26.3. The van der Waals surface area contributed by atoms with E-state index in [1.807, 2.05) is 66.6 Å². The molecule has 3 heterocycles. The van der Waals surface area contributed by atoms with Crippen molar-refractivity contribution >= 4 is 23.8 Å². The molecule has 0 spiro atoms. The van der Waals surface area contributed by atoms with Crippen LogP contribution in [-0.4, -0.2) is 140 Å². The summed E-state index contributed by atoms with van der Waals surface area (Å²) in [5, 5.41) is 0. The number of amides is 1. The number of Topliss-reactive ketones (excluding diaryl/α,β-unsaturated/α-hetero) is 1. The Morgan fingerprint density at radius 1 is 1.02 bits per heavy atom. The van der Waals surface area contributed by atoms with Gasteiger partial charge in [-0.3, -0.25) is 9.59 Å². The molecule has 0 aliphatic carbocycles. The molecule has 1 aromatic rings. The van der Waals surface area contributed by atoms with Gasteiger partial charge in [-0.05, 0) is 132 Å². The molecule has 316 valence electrons. The van der Waals surface area contributed by atoms with Gasteiger partial charge in [0.25, 0.3) is 0 Å². The quantitative estimate of drug-likeness (QED) is 0.157. The SMILES string of the molecule is CO[C@]1(C)C[C@@H](C)CN(C(=O)OC(C)(C)C)[C@H](CCCN2CCCC2)COC(=O)C(C)C(=O)C(C)C1O[C@@H]1O[C@H](C)C[C@H](N(C)C)[C@H]1OC(=O)c1ccccc1. The van der Waals surface area contributed by atoms with Crippen molar-refractivity contribution in [3.63, 3.8) is 0 Å². The molecule has 1 amide bonds. The molecular weight excluding hydrogens is 718 g/mol. The second-order valence-corrected chi connectivity index (χ2v) is 17.7. The summed E-state index contributed by atoms with van der Waals surface area (Å²) in [7, 11) is 5.40. The molecule has 1 aromatic carbocycles. The number of cyclic esters (lactones) is 1. The highest BCUT2D eigenvalue weighted by Gasteiger charge is 2.50. The van der Waals surface area contributed by atoms with Crippen LogP contribution in [0.25, 0.3) is 0 Å². The summed E-state index contributed by atoms with van der Waals surface area (Å²) >= 11 is 0. The van der Waals surface area contributed by atoms with Crippen LogP contribution in [0.3, 0.4) is 0 Å². The van der Waals surface area contributed by atoms with E-state index in [0.717, 1.165) is 26.1 Å². The molecule has 3 unspecified atom stereocenters. The van der Waals surface area contributed by atoms with Crippen LogP contribution >= 0.6 is 0 Å². The van der Waals surface area contributed by atoms with E-state index in [4.69, 9.17) is 28.4 Å². The summed E-state index contributed by atoms with van der Waals surface area (Å²) < 4.78 is 37.7. The molecule has 0 saturated carbocycles. The molecule has 10 atom stereocenters. The van der Waals surface area contributed by atoms with E-state index in [0.29, 0.717) is 24.8 Å². The van der Waals surface area contributed by atoms with Gasteiger partial charge in [0, 0.05) is 19.6 Å². The Bertz CT molecular complexity index is 1450. The first-order valence-electron chi connectivity index (χ1n) is 20.5. The number of hydrogen-bond donors (Lipinski definition) is 0. The predicted molar refractivity (Wildman–Crippen MR) is 212 cm³/mol. The van der Waals surface area contributed by atoms with E-state index < -0.39 is 65.6 Å². The van der Waals surface area contributed by atoms with E-state index in [2.05, 4.69) is 4.90 Å². The highest BCUT2D eigenvalue weighted by molar-refractivity contribution is 6.00. The molecule has 13 heteroatoms. The van der Waals surface area contributed by atoms with E-state index in [1.54, 1.807) is 50.1 Å². The third-order valence-corrected chi connectivity index (χ3v) is 11.5. The first kappa shape index (κ1) is 45.6. The van der Waals surface area contributed by atoms with Crippen molar-refractivity contribution in [2.75, 3.05) is 54.0 Å². The Kier molecular flexibility index (Phi) is 16.3. The van der Waals surface area contributed by atoms with E-state index in [9.17, 15) is 19.2 Å². The number of rotatable bonds is 10. The molecule has 0 bridgehead atoms. The second kappa shape index (κ2) is 20.0. The second-order valence-electron chi connectivity index (χ2n) is 17.7. The summed E-state index contributed by atoms with van der Waals surface area (Å²) in [5.74, 6) is -3.78. The molecule has 3 aliphatic heterocycles. The fourth-order valence-corrected chi connectivity index (χ4v) is 8.42. The number of esters is 2. The lowest BCUT2D eigenvalue weighted by atomic mass is 9.78. The number of methoxy groups -OCH3 is 1. The number of likely N-dealkylation sites (N-methyl/N-ethyl adjacent to an activating group) is 1. The van der Waals surface area contributed by atoms with Crippen molar-refractivity contribution in [2.45, 2.75) is 142 Å². The molecule has 0 N–H and O–H groups in total. The third kappa shape index (κ3) is 12.2. The highest BCUT2D eigenvalue weighted by Crippen LogP contribution is 2.37. The van der Waals surface area contributed by atoms with Crippen molar-refractivity contribution in [3.8, 4) is 0 Å². The van der Waals surface area contributed by atoms with E-state index in [1.165, 1.54) is 12.8 Å². The number of nitrogens with zero attached hydrogens (tertiary/aromatic N) is 3. The van der Waals surface area contributed by atoms with Crippen LogP contribution in [0.5, 0.6) is 0 Å². The van der Waals surface area contributed by atoms with Crippen LogP contribution in [0.4, 0.5) is 4.79 Å². The van der Waals surface area contributed by atoms with Crippen LogP contribution in [0, 0.1) is 17.8 Å². The van der Waals surface area contributed by atoms with Crippen LogP contribution in [-0.2, 0) is 38.0 Å². The van der Waals surface area contributed by atoms with Gasteiger partial charge in [0.2, 0.25) is 0 Å². The van der Waals surface area contributed by atoms with Gasteiger partial charge in [-0.1, -0.05) is 32.0 Å². The molecule has 3 aliphatic rings. The number of likely N-dealkylation sites (tertiary alicyclic amines) is 1. The maximum absolute atomic E-state index is 14.3. The smallest absolute Gasteiger partial charge is 0.410 e. The molecule has 4 rings (SSSR count). The number of ether oxygens (including phenoxy) is 6. The first-order valence-corrected chi connectivity index (χ1v) is 20.5. The molecular formula is C43H69N3O10. The Hall–Kier alpha value is -3.10. The number of hydrogen-bond acceptors (Lipinski definition) is 12. The van der Waals surface area contributed by atoms with Gasteiger partial charge < -0.3 is 43.1 Å². The summed E-state index contributed by atoms with van der Waals surface area (Å²) in [6, 6.07) is 8.00. The standard InChI is InChI=1S/C43H69N3O10/c1-28-25-43(8,51-11)37(55-40-36(34(44(9)10)24-29(2)53-40)54-39(49)32-18-13-12-14-19-32)30(3)35(47)31(4)38(48)52-27-33(20-17-23-45-21-15-16-22-45)46(26-28)41(50)56-42(5,6)7/h12-14,18-19,28-31,33-34,36-37,40H,15-17,20-27H2,1-11H3/t28-,29-,30?,31?,33-,34+,36-,37?,40+,43-/m1/s1. The molecule has 3 fully saturated rings. The van der Waals surface area contributed by atoms with E-state index >= 15 is 0 Å². The zero-order valence-electron chi connectivity index (χ0n) is 35.8. The maximum atomic E-state index is 14.3. The van der Waals surface area contributed by atoms with Crippen molar-refractivity contribution in [1.82, 2.24) is 14.7 Å². The summed E-state index contributed by atoms with van der Waals surface area (Å²) in [6.45, 7) is 17.8. The highest BCUT2D eigenvalue weighted by atomic mass is 16.7. The lowest BCUT2D eigenvalue weighted by molar-refractivity contribution is -0.294. The van der Waals surface area contributed by atoms with Gasteiger partial charge in [0.15, 0.2) is 18.2 Å². The zero-order valence-corrected chi connectivity index (χ0v) is 35.8. The van der Waals surface area contributed by atoms with Crippen molar-refractivity contribution in [2.24, 2.45) is 17.8 Å². The number of benzene rings is 1. The zero-order chi connectivity index (χ0) is 41.4. The van der Waals surface area contributed by atoms with Gasteiger partial charge in [-0.25, -0.2) is 9.59 Å². The van der Waals surface area contributed by atoms with Gasteiger partial charge in [-0.2, -0.15) is 0 Å². The van der Waals surface area contributed by atoms with Crippen LogP contribution in [0.2, 0.25) is 0 Å². The van der Waals surface area contributed by atoms with Crippen LogP contribution in [0.1, 0.15) is 104 Å². The van der Waals surface area contributed by atoms with Crippen molar-refractivity contribution in [3.05, 3.63) is 35.9 Å². The average Bonchev–Trinajstić information content (AvgIpc) is 3.66. The molecule has 3 saturated heterocycles. The fraction of sp³-hybridized carbons (Fsp3) is 0.767. The lowest BCUT2D eigenvalue weighted by Gasteiger charge is -2.47. The van der Waals surface area contributed by atoms with Gasteiger partial charge in [0.05, 0.1) is 35.5 Å². The van der Waals surface area contributed by atoms with Gasteiger partial charge >= 0.3 is 18.0 Å². The van der Waals surface area contributed by atoms with Crippen LogP contribution < -0.4 is 0 Å². The average molecular weight is 788 g/mol. The summed E-state index contributed by atoms with van der Waals surface area (Å²) in [4.78, 5) is 61.7. The predicted octanol–water partition coefficient (Wildman–Crippen LogP) is 5.97. The molecule has 0 aromatic heterocycles. The minimum Gasteiger partial charge on any atom is -0.463 e. The lowest BCUT2D eigenvalue weighted by Crippen LogP contribution is -2.60. The number of carbonyl (C=O) groups is 4. The Balaban J connectivity index is 1.71. The Labute approximate surface area is 335 Å². The summed E-state index contributed by atoms with van der Waals surface area (Å²) in [6.07, 6.45) is 0.995. The molecule has 13 nitrogen and oxygen atoms in total. The minimum absolute atomic E-state index is 0.0630. The normalized spacial score (nSPS) is 32.9. The Morgan fingerprint density at radius 2 is 1.68 bits per heavy atom. The van der Waals surface area contributed by atoms with Gasteiger partial charge in [-0.15, -0.1) is 0 Å². The largest absolute Gasteiger partial charge is 0.463 e. The molecule has 56 heavy (non-hydrogen) atoms. The van der Waals surface area contributed by atoms with Gasteiger partial charge in [0.1, 0.15) is 18.1 Å². The van der Waals surface area contributed by atoms with E-state index in [-0.39, 0.29) is 37.0 Å².